The van der Waals surface area contributed by atoms with Gasteiger partial charge in [-0.05, 0) is 46.2 Å². The van der Waals surface area contributed by atoms with Gasteiger partial charge in [-0.15, -0.1) is 0 Å². The average molecular weight is 369 g/mol. The van der Waals surface area contributed by atoms with Gasteiger partial charge in [0.15, 0.2) is 0 Å². The maximum absolute atomic E-state index is 11.6. The SMILES string of the molecule is CCCCCC[C@@H](O)C/C=C\CCCCCCCC(=O)NCCN(C)C. The van der Waals surface area contributed by atoms with Gasteiger partial charge in [0, 0.05) is 19.5 Å². The first kappa shape index (κ1) is 25.1. The van der Waals surface area contributed by atoms with Gasteiger partial charge in [-0.1, -0.05) is 64.0 Å². The fraction of sp³-hybridized carbons (Fsp3) is 0.864. The van der Waals surface area contributed by atoms with Crippen LogP contribution in [0.5, 0.6) is 0 Å². The third kappa shape index (κ3) is 19.5. The Morgan fingerprint density at radius 2 is 1.69 bits per heavy atom. The summed E-state index contributed by atoms with van der Waals surface area (Å²) in [5.74, 6) is 0.183. The molecule has 4 nitrogen and oxygen atoms in total. The topological polar surface area (TPSA) is 52.6 Å². The van der Waals surface area contributed by atoms with Gasteiger partial charge in [0.2, 0.25) is 5.91 Å². The van der Waals surface area contributed by atoms with E-state index in [1.807, 2.05) is 14.1 Å². The molecule has 0 saturated carbocycles. The molecule has 154 valence electrons. The Balaban J connectivity index is 3.33. The second-order valence-corrected chi connectivity index (χ2v) is 7.67. The highest BCUT2D eigenvalue weighted by Crippen LogP contribution is 2.10. The van der Waals surface area contributed by atoms with Crippen LogP contribution in [0.2, 0.25) is 0 Å². The Bertz CT molecular complexity index is 343. The number of hydrogen-bond acceptors (Lipinski definition) is 3. The number of aliphatic hydroxyl groups is 1. The number of allylic oxidation sites excluding steroid dienone is 1. The minimum Gasteiger partial charge on any atom is -0.393 e. The zero-order valence-electron chi connectivity index (χ0n) is 17.6. The molecule has 4 heteroatoms. The summed E-state index contributed by atoms with van der Waals surface area (Å²) in [6.07, 6.45) is 18.4. The molecule has 0 aliphatic heterocycles. The molecule has 0 aliphatic carbocycles. The average Bonchev–Trinajstić information content (AvgIpc) is 2.60. The first-order valence-electron chi connectivity index (χ1n) is 10.8. The number of carbonyl (C=O) groups is 1. The minimum absolute atomic E-state index is 0.160. The van der Waals surface area contributed by atoms with E-state index in [0.29, 0.717) is 6.42 Å². The molecule has 0 saturated heterocycles. The molecule has 0 spiro atoms. The summed E-state index contributed by atoms with van der Waals surface area (Å²) >= 11 is 0. The standard InChI is InChI=1S/C22H44N2O2/c1-4-5-6-13-16-21(25)17-14-11-9-7-8-10-12-15-18-22(26)23-19-20-24(2)3/h11,14,21,25H,4-10,12-13,15-20H2,1-3H3,(H,23,26)/b14-11-/t21-/m1/s1. The maximum atomic E-state index is 11.6. The molecule has 0 heterocycles. The maximum Gasteiger partial charge on any atom is 0.220 e. The van der Waals surface area contributed by atoms with Crippen molar-refractivity contribution in [1.82, 2.24) is 10.2 Å². The highest BCUT2D eigenvalue weighted by atomic mass is 16.3. The lowest BCUT2D eigenvalue weighted by atomic mass is 10.1. The van der Waals surface area contributed by atoms with Crippen molar-refractivity contribution in [2.75, 3.05) is 27.2 Å². The fourth-order valence-electron chi connectivity index (χ4n) is 2.88. The summed E-state index contributed by atoms with van der Waals surface area (Å²) < 4.78 is 0. The van der Waals surface area contributed by atoms with E-state index < -0.39 is 0 Å². The zero-order valence-corrected chi connectivity index (χ0v) is 17.6. The van der Waals surface area contributed by atoms with E-state index in [1.54, 1.807) is 0 Å². The Labute approximate surface area is 162 Å². The quantitative estimate of drug-likeness (QED) is 0.273. The molecule has 1 amide bonds. The van der Waals surface area contributed by atoms with E-state index in [4.69, 9.17) is 0 Å². The summed E-state index contributed by atoms with van der Waals surface area (Å²) in [6, 6.07) is 0. The summed E-state index contributed by atoms with van der Waals surface area (Å²) in [5.41, 5.74) is 0. The van der Waals surface area contributed by atoms with Crippen molar-refractivity contribution in [2.45, 2.75) is 96.5 Å². The molecular formula is C22H44N2O2. The number of carbonyl (C=O) groups excluding carboxylic acids is 1. The molecule has 1 atom stereocenters. The number of unbranched alkanes of at least 4 members (excludes halogenated alkanes) is 8. The van der Waals surface area contributed by atoms with E-state index in [0.717, 1.165) is 51.6 Å². The molecule has 0 aromatic rings. The first-order valence-corrected chi connectivity index (χ1v) is 10.8. The number of nitrogens with one attached hydrogen (secondary N) is 1. The van der Waals surface area contributed by atoms with Crippen molar-refractivity contribution >= 4 is 5.91 Å². The van der Waals surface area contributed by atoms with Crippen LogP contribution in [-0.2, 0) is 4.79 Å². The third-order valence-electron chi connectivity index (χ3n) is 4.62. The Hall–Kier alpha value is -0.870. The number of likely N-dealkylation sites (N-methyl/N-ethyl adjacent to an activating group) is 1. The van der Waals surface area contributed by atoms with Gasteiger partial charge < -0.3 is 15.3 Å². The number of rotatable bonds is 18. The van der Waals surface area contributed by atoms with E-state index in [9.17, 15) is 9.90 Å². The van der Waals surface area contributed by atoms with Crippen molar-refractivity contribution in [1.29, 1.82) is 0 Å². The number of aliphatic hydroxyl groups excluding tert-OH is 1. The molecule has 0 rings (SSSR count). The van der Waals surface area contributed by atoms with Crippen molar-refractivity contribution in [3.05, 3.63) is 12.2 Å². The van der Waals surface area contributed by atoms with Crippen LogP contribution in [0.25, 0.3) is 0 Å². The van der Waals surface area contributed by atoms with Crippen molar-refractivity contribution in [3.8, 4) is 0 Å². The molecular weight excluding hydrogens is 324 g/mol. The van der Waals surface area contributed by atoms with Gasteiger partial charge in [0.05, 0.1) is 6.10 Å². The summed E-state index contributed by atoms with van der Waals surface area (Å²) in [7, 11) is 4.02. The third-order valence-corrected chi connectivity index (χ3v) is 4.62. The van der Waals surface area contributed by atoms with Gasteiger partial charge in [0.1, 0.15) is 0 Å². The first-order chi connectivity index (χ1) is 12.6. The van der Waals surface area contributed by atoms with Gasteiger partial charge in [-0.2, -0.15) is 0 Å². The summed E-state index contributed by atoms with van der Waals surface area (Å²) in [6.45, 7) is 3.85. The second-order valence-electron chi connectivity index (χ2n) is 7.67. The van der Waals surface area contributed by atoms with Crippen LogP contribution in [-0.4, -0.2) is 49.2 Å². The lowest BCUT2D eigenvalue weighted by molar-refractivity contribution is -0.121. The van der Waals surface area contributed by atoms with Crippen molar-refractivity contribution in [3.63, 3.8) is 0 Å². The number of nitrogens with zero attached hydrogens (tertiary/aromatic N) is 1. The Morgan fingerprint density at radius 3 is 2.42 bits per heavy atom. The summed E-state index contributed by atoms with van der Waals surface area (Å²) in [4.78, 5) is 13.7. The number of hydrogen-bond donors (Lipinski definition) is 2. The van der Waals surface area contributed by atoms with Crippen LogP contribution in [0.1, 0.15) is 90.4 Å². The molecule has 0 radical (unpaired) electrons. The normalized spacial score (nSPS) is 12.8. The predicted molar refractivity (Wildman–Crippen MR) is 112 cm³/mol. The molecule has 0 bridgehead atoms. The molecule has 2 N–H and O–H groups in total. The van der Waals surface area contributed by atoms with E-state index in [-0.39, 0.29) is 12.0 Å². The van der Waals surface area contributed by atoms with Crippen LogP contribution in [0.4, 0.5) is 0 Å². The van der Waals surface area contributed by atoms with Crippen LogP contribution >= 0.6 is 0 Å². The smallest absolute Gasteiger partial charge is 0.220 e. The van der Waals surface area contributed by atoms with E-state index >= 15 is 0 Å². The lowest BCUT2D eigenvalue weighted by Crippen LogP contribution is -2.31. The minimum atomic E-state index is -0.160. The molecule has 0 unspecified atom stereocenters. The van der Waals surface area contributed by atoms with Gasteiger partial charge >= 0.3 is 0 Å². The van der Waals surface area contributed by atoms with Gasteiger partial charge in [-0.25, -0.2) is 0 Å². The van der Waals surface area contributed by atoms with E-state index in [1.165, 1.54) is 38.5 Å². The molecule has 0 aromatic carbocycles. The van der Waals surface area contributed by atoms with Gasteiger partial charge in [-0.3, -0.25) is 4.79 Å². The highest BCUT2D eigenvalue weighted by molar-refractivity contribution is 5.75. The second kappa shape index (κ2) is 18.9. The number of amides is 1. The van der Waals surface area contributed by atoms with Gasteiger partial charge in [0.25, 0.3) is 0 Å². The predicted octanol–water partition coefficient (Wildman–Crippen LogP) is 4.67. The van der Waals surface area contributed by atoms with Crippen LogP contribution < -0.4 is 5.32 Å². The molecule has 0 fully saturated rings. The molecule has 0 aromatic heterocycles. The monoisotopic (exact) mass is 368 g/mol. The summed E-state index contributed by atoms with van der Waals surface area (Å²) in [5, 5.41) is 12.8. The molecule has 26 heavy (non-hydrogen) atoms. The fourth-order valence-corrected chi connectivity index (χ4v) is 2.88. The zero-order chi connectivity index (χ0) is 19.5. The van der Waals surface area contributed by atoms with Crippen molar-refractivity contribution in [2.24, 2.45) is 0 Å². The lowest BCUT2D eigenvalue weighted by Gasteiger charge is -2.10. The van der Waals surface area contributed by atoms with Crippen LogP contribution in [0, 0.1) is 0 Å². The van der Waals surface area contributed by atoms with Crippen LogP contribution in [0.15, 0.2) is 12.2 Å². The van der Waals surface area contributed by atoms with E-state index in [2.05, 4.69) is 29.3 Å². The Morgan fingerprint density at radius 1 is 1.00 bits per heavy atom. The highest BCUT2D eigenvalue weighted by Gasteiger charge is 2.01. The largest absolute Gasteiger partial charge is 0.393 e. The Kier molecular flexibility index (Phi) is 18.3. The molecule has 0 aliphatic rings. The van der Waals surface area contributed by atoms with Crippen LogP contribution in [0.3, 0.4) is 0 Å². The van der Waals surface area contributed by atoms with Crippen molar-refractivity contribution < 1.29 is 9.90 Å².